The van der Waals surface area contributed by atoms with Gasteiger partial charge in [0.2, 0.25) is 0 Å². The van der Waals surface area contributed by atoms with Crippen LogP contribution in [0.5, 0.6) is 11.5 Å². The summed E-state index contributed by atoms with van der Waals surface area (Å²) in [4.78, 5) is 0. The van der Waals surface area contributed by atoms with E-state index < -0.39 is 16.5 Å². The Kier molecular flexibility index (Phi) is 11.1. The molecule has 64 heavy (non-hydrogen) atoms. The third-order valence-corrected chi connectivity index (χ3v) is 13.8. The van der Waals surface area contributed by atoms with Crippen LogP contribution in [0.2, 0.25) is 0 Å². The van der Waals surface area contributed by atoms with Gasteiger partial charge in [0.25, 0.3) is 0 Å². The Balaban J connectivity index is 0.00000239. The summed E-state index contributed by atoms with van der Waals surface area (Å²) >= 11 is 2.22. The number of rotatable bonds is 4. The van der Waals surface area contributed by atoms with E-state index in [0.717, 1.165) is 75.8 Å². The van der Waals surface area contributed by atoms with Crippen LogP contribution in [0.3, 0.4) is 0 Å². The van der Waals surface area contributed by atoms with Crippen LogP contribution in [0.25, 0.3) is 87.0 Å². The zero-order valence-corrected chi connectivity index (χ0v) is 40.1. The molecule has 0 N–H and O–H groups in total. The predicted octanol–water partition coefficient (Wildman–Crippen LogP) is 18.3. The second kappa shape index (κ2) is 16.7. The second-order valence-electron chi connectivity index (χ2n) is 17.9. The molecule has 0 saturated carbocycles. The van der Waals surface area contributed by atoms with E-state index in [2.05, 4.69) is 203 Å². The van der Waals surface area contributed by atoms with Gasteiger partial charge in [0, 0.05) is 33.0 Å². The molecule has 11 rings (SSSR count). The number of fused-ring (bicyclic) bond motifs is 14. The Morgan fingerprint density at radius 1 is 0.406 bits per heavy atom. The van der Waals surface area contributed by atoms with E-state index in [-0.39, 0.29) is 10.8 Å². The van der Waals surface area contributed by atoms with Gasteiger partial charge in [0.1, 0.15) is 22.3 Å². The van der Waals surface area contributed by atoms with Gasteiger partial charge in [0.05, 0.1) is 0 Å². The van der Waals surface area contributed by atoms with Crippen LogP contribution >= 0.6 is 26.0 Å². The van der Waals surface area contributed by atoms with Crippen molar-refractivity contribution < 1.29 is 44.0 Å². The van der Waals surface area contributed by atoms with Gasteiger partial charge in [-0.2, -0.15) is 6.07 Å². The molecule has 0 aliphatic carbocycles. The third-order valence-electron chi connectivity index (χ3n) is 11.7. The molecule has 0 spiro atoms. The van der Waals surface area contributed by atoms with E-state index in [1.807, 2.05) is 24.3 Å². The van der Waals surface area contributed by atoms with Crippen LogP contribution in [0.15, 0.2) is 168 Å². The van der Waals surface area contributed by atoms with Crippen molar-refractivity contribution in [3.05, 3.63) is 169 Å². The van der Waals surface area contributed by atoms with Crippen molar-refractivity contribution in [2.45, 2.75) is 52.4 Å². The minimum atomic E-state index is -2.04. The molecule has 0 saturated heterocycles. The molecule has 0 radical (unpaired) electrons. The topological polar surface area (TPSA) is 71.0 Å². The van der Waals surface area contributed by atoms with Gasteiger partial charge in [-0.25, -0.2) is 0 Å². The third kappa shape index (κ3) is 7.64. The fourth-order valence-electron chi connectivity index (χ4n) is 8.70. The van der Waals surface area contributed by atoms with Crippen LogP contribution in [0, 0.1) is 6.07 Å². The van der Waals surface area contributed by atoms with E-state index in [0.29, 0.717) is 33.8 Å². The van der Waals surface area contributed by atoms with E-state index in [4.69, 9.17) is 25.8 Å². The second-order valence-corrected chi connectivity index (χ2v) is 19.9. The van der Waals surface area contributed by atoms with Gasteiger partial charge >= 0.3 is 44.2 Å². The summed E-state index contributed by atoms with van der Waals surface area (Å²) in [5, 5.41) is 12.6. The van der Waals surface area contributed by atoms with Crippen LogP contribution in [-0.4, -0.2) is 0 Å². The summed E-state index contributed by atoms with van der Waals surface area (Å²) < 4.78 is 41.3. The average molecular weight is 992 g/mol. The molecule has 2 heterocycles. The number of hydrogen-bond donors (Lipinski definition) is 0. The summed E-state index contributed by atoms with van der Waals surface area (Å²) in [7, 11) is 0.402. The van der Waals surface area contributed by atoms with Gasteiger partial charge in [-0.3, -0.25) is 0 Å². The monoisotopic (exact) mass is 990 g/mol. The summed E-state index contributed by atoms with van der Waals surface area (Å²) in [5.74, 6) is 0.946. The van der Waals surface area contributed by atoms with Gasteiger partial charge in [-0.05, 0) is 67.4 Å². The van der Waals surface area contributed by atoms with Crippen LogP contribution in [0.1, 0.15) is 52.7 Å². The maximum atomic E-state index is 6.97. The van der Waals surface area contributed by atoms with E-state index in [9.17, 15) is 0 Å². The number of hydrogen-bond acceptors (Lipinski definition) is 6. The number of halogens is 1. The van der Waals surface area contributed by atoms with Crippen molar-refractivity contribution >= 4 is 113 Å². The molecule has 2 aromatic heterocycles. The zero-order valence-electron chi connectivity index (χ0n) is 36.0. The maximum absolute atomic E-state index is 6.97. The molecular weight excluding hydrogens is 948 g/mol. The molecular formula is C54H43ClO6P2Pd. The van der Waals surface area contributed by atoms with Crippen LogP contribution in [-0.2, 0) is 29.0 Å². The average Bonchev–Trinajstić information content (AvgIpc) is 3.56. The fraction of sp³-hybridized carbons (Fsp3) is 0.148. The zero-order chi connectivity index (χ0) is 44.3. The van der Waals surface area contributed by atoms with Gasteiger partial charge in [-0.15, -0.1) is 11.1 Å². The van der Waals surface area contributed by atoms with Crippen molar-refractivity contribution in [1.29, 1.82) is 0 Å². The molecule has 0 unspecified atom stereocenters. The first kappa shape index (κ1) is 42.3. The minimum absolute atomic E-state index is 0.353. The molecule has 10 heteroatoms. The van der Waals surface area contributed by atoms with Gasteiger partial charge in [-0.1, -0.05) is 180 Å². The molecule has 6 nitrogen and oxygen atoms in total. The van der Waals surface area contributed by atoms with Crippen molar-refractivity contribution in [3.8, 4) is 11.5 Å². The molecule has 0 atom stereocenters. The summed E-state index contributed by atoms with van der Waals surface area (Å²) in [6, 6.07) is 55.8. The van der Waals surface area contributed by atoms with Crippen molar-refractivity contribution in [2.75, 3.05) is 0 Å². The SMILES string of the molecule is CC(C)(C)c1cc(C(C)(C)C)c(Op2oc3ccc4ccccc4c3c3c(ccc4ccccc43)o2)[c-]c1Op1oc2ccc3ccccc3c2c2c(ccc3ccccc32)o1.[Cl][Pd+]. The first-order chi connectivity index (χ1) is 31.0. The van der Waals surface area contributed by atoms with Crippen LogP contribution in [0.4, 0.5) is 0 Å². The first-order valence-electron chi connectivity index (χ1n) is 21.0. The standard InChI is InChI=1S/C54H43O6P2.ClH.Pd/c1-53(2,3)41-31-42(54(4,5)6)48(60-62-57-45-29-25-35-17-9-13-21-39(35)51(45)52-40-22-14-10-18-36(40)26-30-46(52)58-62)32-47(41)59-61-55-43-27-23-33-15-7-11-19-37(33)49(43)50-38-20-12-8-16-34(38)24-28-44(50)56-61;;/h7-31H,1-6H3;1H;/q-1;;+2/p-1. The first-order valence-corrected chi connectivity index (χ1v) is 25.2. The summed E-state index contributed by atoms with van der Waals surface area (Å²) in [6.45, 7) is 13.0. The molecule has 0 aliphatic heterocycles. The Morgan fingerprint density at radius 2 is 0.672 bits per heavy atom. The number of benzene rings is 9. The van der Waals surface area contributed by atoms with Crippen molar-refractivity contribution in [2.24, 2.45) is 0 Å². The Bertz CT molecular complexity index is 3260. The Labute approximate surface area is 387 Å². The molecule has 11 aromatic rings. The molecule has 322 valence electrons. The molecule has 0 amide bonds. The molecule has 9 aromatic carbocycles. The van der Waals surface area contributed by atoms with Gasteiger partial charge in [0.15, 0.2) is 0 Å². The summed E-state index contributed by atoms with van der Waals surface area (Å²) in [5.41, 5.74) is 3.92. The Hall–Kier alpha value is -5.63. The van der Waals surface area contributed by atoms with E-state index in [1.165, 1.54) is 0 Å². The van der Waals surface area contributed by atoms with E-state index >= 15 is 0 Å². The van der Waals surface area contributed by atoms with Crippen molar-refractivity contribution in [3.63, 3.8) is 0 Å². The summed E-state index contributed by atoms with van der Waals surface area (Å²) in [6.07, 6.45) is 0. The van der Waals surface area contributed by atoms with E-state index in [1.54, 1.807) is 0 Å². The molecule has 0 bridgehead atoms. The Morgan fingerprint density at radius 3 is 0.938 bits per heavy atom. The normalized spacial score (nSPS) is 12.1. The molecule has 0 aliphatic rings. The van der Waals surface area contributed by atoms with Crippen LogP contribution < -0.4 is 9.05 Å². The van der Waals surface area contributed by atoms with Gasteiger partial charge < -0.3 is 25.8 Å². The molecule has 0 fully saturated rings. The quantitative estimate of drug-likeness (QED) is 0.129. The predicted molar refractivity (Wildman–Crippen MR) is 263 cm³/mol. The fourth-order valence-corrected chi connectivity index (χ4v) is 10.8. The van der Waals surface area contributed by atoms with Crippen molar-refractivity contribution in [1.82, 2.24) is 0 Å².